The Hall–Kier alpha value is -3.78. The fraction of sp³-hybridized carbons (Fsp3) is 0.0909. The summed E-state index contributed by atoms with van der Waals surface area (Å²) in [6, 6.07) is 18.0. The Morgan fingerprint density at radius 1 is 1.10 bits per heavy atom. The summed E-state index contributed by atoms with van der Waals surface area (Å²) in [4.78, 5) is 43.1. The minimum Gasteiger partial charge on any atom is -0.465 e. The fourth-order valence-electron chi connectivity index (χ4n) is 3.04. The van der Waals surface area contributed by atoms with Gasteiger partial charge >= 0.3 is 5.97 Å². The number of benzene rings is 2. The molecule has 2 heterocycles. The van der Waals surface area contributed by atoms with Crippen LogP contribution in [0.4, 0.5) is 5.69 Å². The van der Waals surface area contributed by atoms with E-state index in [1.165, 1.54) is 29.3 Å². The number of esters is 1. The highest BCUT2D eigenvalue weighted by Gasteiger charge is 2.15. The number of hydrogen-bond acceptors (Lipinski definition) is 6. The van der Waals surface area contributed by atoms with Gasteiger partial charge in [-0.05, 0) is 23.8 Å². The number of carbonyl (C=O) groups excluding carboxylic acids is 2. The highest BCUT2D eigenvalue weighted by atomic mass is 32.1. The molecule has 0 aliphatic heterocycles. The molecule has 150 valence electrons. The predicted molar refractivity (Wildman–Crippen MR) is 116 cm³/mol. The number of methoxy groups -OCH3 is 1. The van der Waals surface area contributed by atoms with Crippen molar-refractivity contribution in [3.05, 3.63) is 82.9 Å². The SMILES string of the molecule is COC(=O)c1ccccc1NC(=O)Cn1cnc2sc(-c3ccccc3)cc2c1=O. The Kier molecular flexibility index (Phi) is 5.40. The molecular formula is C22H17N3O4S. The first kappa shape index (κ1) is 19.5. The minimum absolute atomic E-state index is 0.228. The first-order valence-corrected chi connectivity index (χ1v) is 9.90. The van der Waals surface area contributed by atoms with Gasteiger partial charge in [-0.15, -0.1) is 11.3 Å². The van der Waals surface area contributed by atoms with Crippen LogP contribution in [0, 0.1) is 0 Å². The third kappa shape index (κ3) is 3.85. The quantitative estimate of drug-likeness (QED) is 0.500. The van der Waals surface area contributed by atoms with Crippen LogP contribution in [0.5, 0.6) is 0 Å². The molecule has 0 bridgehead atoms. The lowest BCUT2D eigenvalue weighted by Crippen LogP contribution is -2.28. The van der Waals surface area contributed by atoms with E-state index in [2.05, 4.69) is 10.3 Å². The number of rotatable bonds is 5. The molecule has 8 heteroatoms. The van der Waals surface area contributed by atoms with Crippen LogP contribution in [0.3, 0.4) is 0 Å². The van der Waals surface area contributed by atoms with Crippen LogP contribution >= 0.6 is 11.3 Å². The van der Waals surface area contributed by atoms with Gasteiger partial charge in [0.05, 0.1) is 30.1 Å². The molecule has 0 fully saturated rings. The molecule has 0 saturated carbocycles. The zero-order chi connectivity index (χ0) is 21.1. The van der Waals surface area contributed by atoms with Crippen LogP contribution in [0.2, 0.25) is 0 Å². The molecule has 0 radical (unpaired) electrons. The Bertz CT molecular complexity index is 1290. The van der Waals surface area contributed by atoms with Crippen LogP contribution in [0.15, 0.2) is 71.8 Å². The highest BCUT2D eigenvalue weighted by molar-refractivity contribution is 7.21. The number of nitrogens with zero attached hydrogens (tertiary/aromatic N) is 2. The number of para-hydroxylation sites is 1. The van der Waals surface area contributed by atoms with Crippen LogP contribution < -0.4 is 10.9 Å². The van der Waals surface area contributed by atoms with Crippen molar-refractivity contribution in [2.75, 3.05) is 12.4 Å². The maximum Gasteiger partial charge on any atom is 0.339 e. The van der Waals surface area contributed by atoms with Crippen LogP contribution in [0.25, 0.3) is 20.7 Å². The number of hydrogen-bond donors (Lipinski definition) is 1. The van der Waals surface area contributed by atoms with Gasteiger partial charge in [-0.3, -0.25) is 14.2 Å². The van der Waals surface area contributed by atoms with Crippen LogP contribution in [-0.4, -0.2) is 28.5 Å². The number of nitrogens with one attached hydrogen (secondary N) is 1. The summed E-state index contributed by atoms with van der Waals surface area (Å²) < 4.78 is 5.98. The highest BCUT2D eigenvalue weighted by Crippen LogP contribution is 2.30. The summed E-state index contributed by atoms with van der Waals surface area (Å²) in [6.45, 7) is -0.228. The molecule has 0 spiro atoms. The second kappa shape index (κ2) is 8.30. The molecule has 1 N–H and O–H groups in total. The van der Waals surface area contributed by atoms with Gasteiger partial charge in [-0.1, -0.05) is 42.5 Å². The average molecular weight is 419 g/mol. The third-order valence-corrected chi connectivity index (χ3v) is 5.59. The van der Waals surface area contributed by atoms with E-state index in [0.29, 0.717) is 15.9 Å². The van der Waals surface area contributed by atoms with E-state index in [4.69, 9.17) is 4.74 Å². The lowest BCUT2D eigenvalue weighted by atomic mass is 10.2. The molecule has 2 aromatic heterocycles. The average Bonchev–Trinajstić information content (AvgIpc) is 3.21. The molecule has 4 rings (SSSR count). The molecule has 1 amide bonds. The number of fused-ring (bicyclic) bond motifs is 1. The van der Waals surface area contributed by atoms with Crippen molar-refractivity contribution in [3.63, 3.8) is 0 Å². The first-order chi connectivity index (χ1) is 14.6. The lowest BCUT2D eigenvalue weighted by Gasteiger charge is -2.10. The molecule has 2 aromatic carbocycles. The largest absolute Gasteiger partial charge is 0.465 e. The number of carbonyl (C=O) groups is 2. The van der Waals surface area contributed by atoms with E-state index in [0.717, 1.165) is 10.4 Å². The first-order valence-electron chi connectivity index (χ1n) is 9.08. The molecule has 0 unspecified atom stereocenters. The Morgan fingerprint density at radius 2 is 1.83 bits per heavy atom. The maximum atomic E-state index is 12.9. The summed E-state index contributed by atoms with van der Waals surface area (Å²) in [6.07, 6.45) is 1.36. The van der Waals surface area contributed by atoms with Gasteiger partial charge < -0.3 is 10.1 Å². The number of thiophene rings is 1. The van der Waals surface area contributed by atoms with Gasteiger partial charge in [-0.2, -0.15) is 0 Å². The number of anilines is 1. The van der Waals surface area contributed by atoms with Gasteiger partial charge in [0.2, 0.25) is 5.91 Å². The Balaban J connectivity index is 1.59. The second-order valence-corrected chi connectivity index (χ2v) is 7.49. The fourth-order valence-corrected chi connectivity index (χ4v) is 4.04. The smallest absolute Gasteiger partial charge is 0.339 e. The minimum atomic E-state index is -0.558. The molecule has 0 saturated heterocycles. The van der Waals surface area contributed by atoms with Gasteiger partial charge in [0, 0.05) is 4.88 Å². The summed E-state index contributed by atoms with van der Waals surface area (Å²) in [5.41, 5.74) is 1.26. The standard InChI is InChI=1S/C22H17N3O4S/c1-29-22(28)15-9-5-6-10-17(15)24-19(26)12-25-13-23-20-16(21(25)27)11-18(30-20)14-7-3-2-4-8-14/h2-11,13H,12H2,1H3,(H,24,26). The monoisotopic (exact) mass is 419 g/mol. The van der Waals surface area contributed by atoms with Crippen molar-refractivity contribution in [1.82, 2.24) is 9.55 Å². The zero-order valence-corrected chi connectivity index (χ0v) is 16.8. The Morgan fingerprint density at radius 3 is 2.60 bits per heavy atom. The normalized spacial score (nSPS) is 10.7. The molecule has 7 nitrogen and oxygen atoms in total. The molecule has 0 aliphatic carbocycles. The zero-order valence-electron chi connectivity index (χ0n) is 16.0. The molecule has 4 aromatic rings. The van der Waals surface area contributed by atoms with Crippen molar-refractivity contribution in [2.45, 2.75) is 6.54 Å². The summed E-state index contributed by atoms with van der Waals surface area (Å²) in [7, 11) is 1.27. The van der Waals surface area contributed by atoms with E-state index in [1.54, 1.807) is 30.3 Å². The summed E-state index contributed by atoms with van der Waals surface area (Å²) in [5.74, 6) is -1.01. The summed E-state index contributed by atoms with van der Waals surface area (Å²) in [5, 5.41) is 3.12. The molecule has 0 aliphatic rings. The van der Waals surface area contributed by atoms with Crippen LogP contribution in [0.1, 0.15) is 10.4 Å². The predicted octanol–water partition coefficient (Wildman–Crippen LogP) is 3.55. The van der Waals surface area contributed by atoms with E-state index in [9.17, 15) is 14.4 Å². The molecule has 0 atom stereocenters. The van der Waals surface area contributed by atoms with Gasteiger partial charge in [-0.25, -0.2) is 9.78 Å². The van der Waals surface area contributed by atoms with Crippen molar-refractivity contribution in [2.24, 2.45) is 0 Å². The van der Waals surface area contributed by atoms with Gasteiger partial charge in [0.15, 0.2) is 0 Å². The van der Waals surface area contributed by atoms with E-state index in [1.807, 2.05) is 30.3 Å². The van der Waals surface area contributed by atoms with E-state index in [-0.39, 0.29) is 17.7 Å². The van der Waals surface area contributed by atoms with E-state index < -0.39 is 11.9 Å². The molecule has 30 heavy (non-hydrogen) atoms. The van der Waals surface area contributed by atoms with Crippen molar-refractivity contribution >= 4 is 39.1 Å². The van der Waals surface area contributed by atoms with Crippen molar-refractivity contribution in [3.8, 4) is 10.4 Å². The number of amides is 1. The van der Waals surface area contributed by atoms with Crippen molar-refractivity contribution in [1.29, 1.82) is 0 Å². The second-order valence-electron chi connectivity index (χ2n) is 6.46. The van der Waals surface area contributed by atoms with Gasteiger partial charge in [0.25, 0.3) is 5.56 Å². The lowest BCUT2D eigenvalue weighted by molar-refractivity contribution is -0.116. The summed E-state index contributed by atoms with van der Waals surface area (Å²) >= 11 is 1.43. The van der Waals surface area contributed by atoms with Gasteiger partial charge in [0.1, 0.15) is 11.4 Å². The van der Waals surface area contributed by atoms with E-state index >= 15 is 0 Å². The molecular weight excluding hydrogens is 402 g/mol. The number of aromatic nitrogens is 2. The maximum absolute atomic E-state index is 12.9. The van der Waals surface area contributed by atoms with Crippen LogP contribution in [-0.2, 0) is 16.1 Å². The number of ether oxygens (including phenoxy) is 1. The Labute approximate surface area is 175 Å². The van der Waals surface area contributed by atoms with Crippen molar-refractivity contribution < 1.29 is 14.3 Å². The topological polar surface area (TPSA) is 90.3 Å². The third-order valence-electron chi connectivity index (χ3n) is 4.50.